The second-order valence-electron chi connectivity index (χ2n) is 5.98. The molecule has 1 fully saturated rings. The van der Waals surface area contributed by atoms with Crippen LogP contribution in [0.15, 0.2) is 24.3 Å². The van der Waals surface area contributed by atoms with E-state index in [1.807, 2.05) is 24.3 Å². The van der Waals surface area contributed by atoms with Gasteiger partial charge in [0.1, 0.15) is 11.6 Å². The van der Waals surface area contributed by atoms with Gasteiger partial charge in [0.25, 0.3) is 0 Å². The lowest BCUT2D eigenvalue weighted by Crippen LogP contribution is -2.25. The molecule has 1 aromatic carbocycles. The monoisotopic (exact) mass is 328 g/mol. The molecular formula is C17H24N6O. The van der Waals surface area contributed by atoms with Crippen molar-refractivity contribution in [2.45, 2.75) is 32.2 Å². The Kier molecular flexibility index (Phi) is 5.43. The molecule has 0 amide bonds. The fourth-order valence-electron chi connectivity index (χ4n) is 2.86. The Labute approximate surface area is 142 Å². The molecule has 0 spiro atoms. The molecule has 1 aliphatic rings. The lowest BCUT2D eigenvalue weighted by atomic mass is 10.2. The van der Waals surface area contributed by atoms with Gasteiger partial charge in [-0.25, -0.2) is 0 Å². The van der Waals surface area contributed by atoms with E-state index in [1.54, 1.807) is 7.11 Å². The zero-order chi connectivity index (χ0) is 16.8. The van der Waals surface area contributed by atoms with Crippen LogP contribution in [0.5, 0.6) is 5.75 Å². The van der Waals surface area contributed by atoms with E-state index in [4.69, 9.17) is 10.5 Å². The number of anilines is 3. The second-order valence-corrected chi connectivity index (χ2v) is 5.98. The highest BCUT2D eigenvalue weighted by Gasteiger charge is 2.13. The van der Waals surface area contributed by atoms with Crippen molar-refractivity contribution >= 4 is 17.6 Å². The molecule has 7 nitrogen and oxygen atoms in total. The van der Waals surface area contributed by atoms with Crippen LogP contribution in [0.2, 0.25) is 0 Å². The summed E-state index contributed by atoms with van der Waals surface area (Å²) in [5, 5.41) is 3.17. The maximum Gasteiger partial charge on any atom is 0.232 e. The van der Waals surface area contributed by atoms with Crippen molar-refractivity contribution in [1.82, 2.24) is 19.9 Å². The van der Waals surface area contributed by atoms with Gasteiger partial charge in [0, 0.05) is 5.69 Å². The average molecular weight is 328 g/mol. The topological polar surface area (TPSA) is 89.2 Å². The van der Waals surface area contributed by atoms with Crippen molar-refractivity contribution in [3.63, 3.8) is 0 Å². The van der Waals surface area contributed by atoms with E-state index in [-0.39, 0.29) is 5.95 Å². The predicted molar refractivity (Wildman–Crippen MR) is 94.3 cm³/mol. The number of nitrogen functional groups attached to an aromatic ring is 1. The number of nitrogens with zero attached hydrogens (tertiary/aromatic N) is 4. The molecule has 1 aromatic heterocycles. The Hall–Kier alpha value is -2.41. The SMILES string of the molecule is COc1ccc(Nc2nc(N)nc(CN3CCCCCC3)n2)cc1. The van der Waals surface area contributed by atoms with Gasteiger partial charge in [-0.3, -0.25) is 4.90 Å². The zero-order valence-electron chi connectivity index (χ0n) is 14.0. The molecule has 1 aliphatic heterocycles. The van der Waals surface area contributed by atoms with Crippen molar-refractivity contribution < 1.29 is 4.74 Å². The number of methoxy groups -OCH3 is 1. The summed E-state index contributed by atoms with van der Waals surface area (Å²) < 4.78 is 5.16. The summed E-state index contributed by atoms with van der Waals surface area (Å²) >= 11 is 0. The van der Waals surface area contributed by atoms with E-state index in [2.05, 4.69) is 25.2 Å². The van der Waals surface area contributed by atoms with Crippen LogP contribution in [0.25, 0.3) is 0 Å². The normalized spacial score (nSPS) is 15.7. The molecule has 128 valence electrons. The summed E-state index contributed by atoms with van der Waals surface area (Å²) in [6, 6.07) is 7.58. The summed E-state index contributed by atoms with van der Waals surface area (Å²) in [4.78, 5) is 15.4. The van der Waals surface area contributed by atoms with Crippen molar-refractivity contribution in [3.05, 3.63) is 30.1 Å². The second kappa shape index (κ2) is 7.92. The molecule has 0 aliphatic carbocycles. The molecule has 3 rings (SSSR count). The number of nitrogens with one attached hydrogen (secondary N) is 1. The minimum atomic E-state index is 0.242. The average Bonchev–Trinajstić information content (AvgIpc) is 2.84. The number of rotatable bonds is 5. The Morgan fingerprint density at radius 2 is 1.75 bits per heavy atom. The lowest BCUT2D eigenvalue weighted by Gasteiger charge is -2.18. The van der Waals surface area contributed by atoms with Crippen molar-refractivity contribution in [2.24, 2.45) is 0 Å². The van der Waals surface area contributed by atoms with E-state index in [0.29, 0.717) is 18.3 Å². The first-order valence-corrected chi connectivity index (χ1v) is 8.37. The number of hydrogen-bond acceptors (Lipinski definition) is 7. The number of ether oxygens (including phenoxy) is 1. The Bertz CT molecular complexity index is 653. The minimum absolute atomic E-state index is 0.242. The van der Waals surface area contributed by atoms with Gasteiger partial charge in [0.2, 0.25) is 11.9 Å². The first-order chi connectivity index (χ1) is 11.7. The van der Waals surface area contributed by atoms with Gasteiger partial charge in [0.05, 0.1) is 13.7 Å². The van der Waals surface area contributed by atoms with Crippen LogP contribution in [0.4, 0.5) is 17.6 Å². The van der Waals surface area contributed by atoms with E-state index in [9.17, 15) is 0 Å². The molecule has 0 radical (unpaired) electrons. The van der Waals surface area contributed by atoms with Crippen LogP contribution in [0.1, 0.15) is 31.5 Å². The Morgan fingerprint density at radius 1 is 1.04 bits per heavy atom. The van der Waals surface area contributed by atoms with Crippen LogP contribution in [0.3, 0.4) is 0 Å². The quantitative estimate of drug-likeness (QED) is 0.872. The van der Waals surface area contributed by atoms with Gasteiger partial charge >= 0.3 is 0 Å². The highest BCUT2D eigenvalue weighted by molar-refractivity contribution is 5.55. The predicted octanol–water partition coefficient (Wildman–Crippen LogP) is 2.58. The number of nitrogens with two attached hydrogens (primary N) is 1. The lowest BCUT2D eigenvalue weighted by molar-refractivity contribution is 0.270. The van der Waals surface area contributed by atoms with Gasteiger partial charge in [-0.05, 0) is 50.2 Å². The van der Waals surface area contributed by atoms with Crippen LogP contribution >= 0.6 is 0 Å². The van der Waals surface area contributed by atoms with Gasteiger partial charge in [0.15, 0.2) is 0 Å². The standard InChI is InChI=1S/C17H24N6O/c1-24-14-8-6-13(7-9-14)19-17-21-15(20-16(18)22-17)12-23-10-4-2-3-5-11-23/h6-9H,2-5,10-12H2,1H3,(H3,18,19,20,21,22). The molecule has 0 atom stereocenters. The Balaban J connectivity index is 1.70. The molecule has 3 N–H and O–H groups in total. The number of benzene rings is 1. The van der Waals surface area contributed by atoms with Gasteiger partial charge in [-0.15, -0.1) is 0 Å². The largest absolute Gasteiger partial charge is 0.497 e. The maximum absolute atomic E-state index is 5.85. The molecule has 24 heavy (non-hydrogen) atoms. The van der Waals surface area contributed by atoms with E-state index < -0.39 is 0 Å². The summed E-state index contributed by atoms with van der Waals surface area (Å²) in [6.45, 7) is 2.89. The number of aromatic nitrogens is 3. The summed E-state index contributed by atoms with van der Waals surface area (Å²) in [7, 11) is 1.64. The third-order valence-corrected chi connectivity index (χ3v) is 4.11. The van der Waals surface area contributed by atoms with Crippen LogP contribution in [0, 0.1) is 0 Å². The smallest absolute Gasteiger partial charge is 0.232 e. The Morgan fingerprint density at radius 3 is 2.42 bits per heavy atom. The summed E-state index contributed by atoms with van der Waals surface area (Å²) in [6.07, 6.45) is 5.08. The van der Waals surface area contributed by atoms with Gasteiger partial charge in [-0.1, -0.05) is 12.8 Å². The molecule has 0 bridgehead atoms. The first-order valence-electron chi connectivity index (χ1n) is 8.37. The number of likely N-dealkylation sites (tertiary alicyclic amines) is 1. The fourth-order valence-corrected chi connectivity index (χ4v) is 2.86. The highest BCUT2D eigenvalue weighted by atomic mass is 16.5. The third kappa shape index (κ3) is 4.55. The molecule has 7 heteroatoms. The van der Waals surface area contributed by atoms with Crippen molar-refractivity contribution in [1.29, 1.82) is 0 Å². The van der Waals surface area contributed by atoms with Crippen LogP contribution in [-0.4, -0.2) is 40.1 Å². The van der Waals surface area contributed by atoms with Gasteiger partial charge < -0.3 is 15.8 Å². The number of hydrogen-bond donors (Lipinski definition) is 2. The first kappa shape index (κ1) is 16.4. The third-order valence-electron chi connectivity index (χ3n) is 4.11. The molecular weight excluding hydrogens is 304 g/mol. The maximum atomic E-state index is 5.85. The molecule has 0 saturated carbocycles. The zero-order valence-corrected chi connectivity index (χ0v) is 14.0. The van der Waals surface area contributed by atoms with E-state index in [1.165, 1.54) is 25.7 Å². The van der Waals surface area contributed by atoms with Crippen LogP contribution in [-0.2, 0) is 6.54 Å². The summed E-state index contributed by atoms with van der Waals surface area (Å²) in [5.41, 5.74) is 6.73. The fraction of sp³-hybridized carbons (Fsp3) is 0.471. The molecule has 0 unspecified atom stereocenters. The molecule has 1 saturated heterocycles. The highest BCUT2D eigenvalue weighted by Crippen LogP contribution is 2.18. The minimum Gasteiger partial charge on any atom is -0.497 e. The van der Waals surface area contributed by atoms with Crippen LogP contribution < -0.4 is 15.8 Å². The molecule has 2 aromatic rings. The van der Waals surface area contributed by atoms with Gasteiger partial charge in [-0.2, -0.15) is 15.0 Å². The van der Waals surface area contributed by atoms with E-state index >= 15 is 0 Å². The molecule has 2 heterocycles. The van der Waals surface area contributed by atoms with Crippen molar-refractivity contribution in [2.75, 3.05) is 31.2 Å². The van der Waals surface area contributed by atoms with E-state index in [0.717, 1.165) is 24.5 Å². The summed E-state index contributed by atoms with van der Waals surface area (Å²) in [5.74, 6) is 2.22. The van der Waals surface area contributed by atoms with Crippen molar-refractivity contribution in [3.8, 4) is 5.75 Å².